The Morgan fingerprint density at radius 1 is 1.33 bits per heavy atom. The Bertz CT molecular complexity index is 995. The van der Waals surface area contributed by atoms with Crippen LogP contribution in [-0.4, -0.2) is 51.5 Å². The minimum Gasteiger partial charge on any atom is -0.368 e. The summed E-state index contributed by atoms with van der Waals surface area (Å²) in [6.07, 6.45) is 3.93. The van der Waals surface area contributed by atoms with E-state index in [2.05, 4.69) is 28.3 Å². The highest BCUT2D eigenvalue weighted by Gasteiger charge is 2.37. The third-order valence-corrected chi connectivity index (χ3v) is 7.57. The summed E-state index contributed by atoms with van der Waals surface area (Å²) in [6, 6.07) is 2.00. The van der Waals surface area contributed by atoms with Crippen molar-refractivity contribution < 1.29 is 9.53 Å². The van der Waals surface area contributed by atoms with Crippen LogP contribution in [-0.2, 0) is 29.0 Å². The second-order valence-electron chi connectivity index (χ2n) is 8.56. The first kappa shape index (κ1) is 19.9. The maximum Gasteiger partial charge on any atom is 0.255 e. The Balaban J connectivity index is 1.35. The number of hydrogen-bond acceptors (Lipinski definition) is 6. The van der Waals surface area contributed by atoms with Crippen molar-refractivity contribution in [1.82, 2.24) is 19.8 Å². The summed E-state index contributed by atoms with van der Waals surface area (Å²) in [7, 11) is 0. The zero-order chi connectivity index (χ0) is 20.7. The highest BCUT2D eigenvalue weighted by atomic mass is 32.1. The number of hydrogen-bond donors (Lipinski definition) is 1. The lowest BCUT2D eigenvalue weighted by molar-refractivity contribution is -0.142. The topological polar surface area (TPSA) is 78.5 Å². The van der Waals surface area contributed by atoms with Crippen molar-refractivity contribution in [3.63, 3.8) is 0 Å². The van der Waals surface area contributed by atoms with E-state index in [1.807, 2.05) is 4.90 Å². The third-order valence-electron chi connectivity index (χ3n) is 6.56. The van der Waals surface area contributed by atoms with Crippen LogP contribution in [0.15, 0.2) is 16.2 Å². The molecule has 1 N–H and O–H groups in total. The summed E-state index contributed by atoms with van der Waals surface area (Å²) in [5.74, 6) is 0.693. The molecule has 2 aromatic rings. The fourth-order valence-electron chi connectivity index (χ4n) is 4.83. The number of carbonyl (C=O) groups is 1. The van der Waals surface area contributed by atoms with E-state index in [4.69, 9.17) is 9.72 Å². The smallest absolute Gasteiger partial charge is 0.255 e. The molecule has 30 heavy (non-hydrogen) atoms. The molecule has 8 heteroatoms. The molecule has 0 bridgehead atoms. The van der Waals surface area contributed by atoms with Gasteiger partial charge in [0.25, 0.3) is 11.5 Å². The van der Waals surface area contributed by atoms with E-state index < -0.39 is 0 Å². The number of aryl methyl sites for hydroxylation is 1. The number of aromatic amines is 1. The predicted molar refractivity (Wildman–Crippen MR) is 114 cm³/mol. The van der Waals surface area contributed by atoms with E-state index >= 15 is 0 Å². The highest BCUT2D eigenvalue weighted by Crippen LogP contribution is 2.32. The van der Waals surface area contributed by atoms with Gasteiger partial charge in [-0.05, 0) is 49.6 Å². The first-order chi connectivity index (χ1) is 14.6. The number of rotatable bonds is 4. The first-order valence-electron chi connectivity index (χ1n) is 10.9. The fourth-order valence-corrected chi connectivity index (χ4v) is 5.78. The Kier molecular flexibility index (Phi) is 5.47. The zero-order valence-electron chi connectivity index (χ0n) is 17.4. The normalized spacial score (nSPS) is 24.4. The van der Waals surface area contributed by atoms with Crippen LogP contribution in [0.3, 0.4) is 0 Å². The number of nitrogens with one attached hydrogen (secondary N) is 1. The van der Waals surface area contributed by atoms with E-state index in [1.165, 1.54) is 10.4 Å². The van der Waals surface area contributed by atoms with Crippen LogP contribution < -0.4 is 5.56 Å². The second-order valence-corrected chi connectivity index (χ2v) is 9.56. The summed E-state index contributed by atoms with van der Waals surface area (Å²) < 4.78 is 5.60. The molecule has 160 valence electrons. The Morgan fingerprint density at radius 3 is 3.00 bits per heavy atom. The molecule has 0 unspecified atom stereocenters. The Morgan fingerprint density at radius 2 is 2.23 bits per heavy atom. The Labute approximate surface area is 180 Å². The number of ether oxygens (including phenoxy) is 1. The van der Waals surface area contributed by atoms with Crippen molar-refractivity contribution >= 4 is 17.2 Å². The number of thiophene rings is 1. The molecule has 2 fully saturated rings. The van der Waals surface area contributed by atoms with Crippen LogP contribution in [0.5, 0.6) is 0 Å². The molecule has 3 aliphatic rings. The van der Waals surface area contributed by atoms with Crippen LogP contribution in [0.25, 0.3) is 0 Å². The number of amides is 1. The molecule has 0 aromatic carbocycles. The summed E-state index contributed by atoms with van der Waals surface area (Å²) in [5, 5.41) is 2.12. The van der Waals surface area contributed by atoms with E-state index in [1.54, 1.807) is 11.3 Å². The number of H-pyrrole nitrogens is 1. The van der Waals surface area contributed by atoms with Gasteiger partial charge in [-0.15, -0.1) is 11.3 Å². The van der Waals surface area contributed by atoms with Crippen LogP contribution in [0.1, 0.15) is 59.2 Å². The van der Waals surface area contributed by atoms with Crippen LogP contribution >= 0.6 is 11.3 Å². The van der Waals surface area contributed by atoms with Crippen molar-refractivity contribution in [3.05, 3.63) is 49.3 Å². The molecule has 3 aliphatic heterocycles. The fraction of sp³-hybridized carbons (Fsp3) is 0.591. The lowest BCUT2D eigenvalue weighted by Gasteiger charge is -2.29. The van der Waals surface area contributed by atoms with Crippen LogP contribution in [0.2, 0.25) is 0 Å². The van der Waals surface area contributed by atoms with Gasteiger partial charge in [0.15, 0.2) is 0 Å². The maximum atomic E-state index is 12.9. The number of fused-ring (bicyclic) bond motifs is 1. The van der Waals surface area contributed by atoms with Gasteiger partial charge in [0.2, 0.25) is 0 Å². The average molecular weight is 429 g/mol. The van der Waals surface area contributed by atoms with Gasteiger partial charge in [-0.2, -0.15) is 0 Å². The molecule has 5 heterocycles. The SMILES string of the molecule is Cc1ccsc1CN1CCc2nc([C@H]3CCCN3C(=O)[C@@H]3CCCO3)[nH]c(=O)c2C1. The van der Waals surface area contributed by atoms with Gasteiger partial charge in [0.05, 0.1) is 17.3 Å². The highest BCUT2D eigenvalue weighted by molar-refractivity contribution is 7.10. The van der Waals surface area contributed by atoms with Gasteiger partial charge in [0, 0.05) is 44.1 Å². The molecular weight excluding hydrogens is 400 g/mol. The zero-order valence-corrected chi connectivity index (χ0v) is 18.2. The van der Waals surface area contributed by atoms with E-state index in [0.29, 0.717) is 25.5 Å². The summed E-state index contributed by atoms with van der Waals surface area (Å²) in [5.41, 5.74) is 2.92. The molecule has 0 saturated carbocycles. The van der Waals surface area contributed by atoms with Crippen LogP contribution in [0, 0.1) is 6.92 Å². The van der Waals surface area contributed by atoms with Gasteiger partial charge >= 0.3 is 0 Å². The predicted octanol–water partition coefficient (Wildman–Crippen LogP) is 2.54. The van der Waals surface area contributed by atoms with Gasteiger partial charge < -0.3 is 14.6 Å². The molecule has 7 nitrogen and oxygen atoms in total. The molecule has 2 aromatic heterocycles. The summed E-state index contributed by atoms with van der Waals surface area (Å²) in [4.78, 5) is 39.3. The molecule has 0 spiro atoms. The third kappa shape index (κ3) is 3.72. The molecule has 0 radical (unpaired) electrons. The quantitative estimate of drug-likeness (QED) is 0.810. The largest absolute Gasteiger partial charge is 0.368 e. The van der Waals surface area contributed by atoms with Crippen molar-refractivity contribution in [1.29, 1.82) is 0 Å². The Hall–Kier alpha value is -2.03. The average Bonchev–Trinajstić information content (AvgIpc) is 3.50. The summed E-state index contributed by atoms with van der Waals surface area (Å²) >= 11 is 1.77. The first-order valence-corrected chi connectivity index (χ1v) is 11.8. The van der Waals surface area contributed by atoms with Gasteiger partial charge in [-0.3, -0.25) is 14.5 Å². The van der Waals surface area contributed by atoms with Gasteiger partial charge in [-0.25, -0.2) is 4.98 Å². The molecule has 2 saturated heterocycles. The number of carbonyl (C=O) groups excluding carboxylic acids is 1. The minimum atomic E-state index is -0.329. The maximum absolute atomic E-state index is 12.9. The molecule has 0 aliphatic carbocycles. The van der Waals surface area contributed by atoms with E-state index in [-0.39, 0.29) is 23.6 Å². The lowest BCUT2D eigenvalue weighted by atomic mass is 10.1. The molecular formula is C22H28N4O3S. The lowest BCUT2D eigenvalue weighted by Crippen LogP contribution is -2.40. The van der Waals surface area contributed by atoms with Crippen molar-refractivity contribution in [2.75, 3.05) is 19.7 Å². The van der Waals surface area contributed by atoms with Crippen molar-refractivity contribution in [3.8, 4) is 0 Å². The van der Waals surface area contributed by atoms with E-state index in [9.17, 15) is 9.59 Å². The van der Waals surface area contributed by atoms with Crippen molar-refractivity contribution in [2.45, 2.75) is 64.3 Å². The second kappa shape index (κ2) is 8.24. The number of likely N-dealkylation sites (tertiary alicyclic amines) is 1. The minimum absolute atomic E-state index is 0.0489. The molecule has 5 rings (SSSR count). The molecule has 2 atom stereocenters. The van der Waals surface area contributed by atoms with E-state index in [0.717, 1.165) is 56.5 Å². The van der Waals surface area contributed by atoms with Gasteiger partial charge in [0.1, 0.15) is 11.9 Å². The van der Waals surface area contributed by atoms with Gasteiger partial charge in [-0.1, -0.05) is 0 Å². The standard InChI is InChI=1S/C22H28N4O3S/c1-14-7-11-30-19(14)13-25-9-6-16-15(12-25)21(27)24-20(23-16)17-4-2-8-26(17)22(28)18-5-3-10-29-18/h7,11,17-18H,2-6,8-10,12-13H2,1H3,(H,23,24,27)/t17-,18+/m1/s1. The monoisotopic (exact) mass is 428 g/mol. The van der Waals surface area contributed by atoms with Crippen molar-refractivity contribution in [2.24, 2.45) is 0 Å². The summed E-state index contributed by atoms with van der Waals surface area (Å²) in [6.45, 7) is 5.89. The number of aromatic nitrogens is 2. The number of nitrogens with zero attached hydrogens (tertiary/aromatic N) is 3. The molecule has 1 amide bonds. The van der Waals surface area contributed by atoms with Crippen LogP contribution in [0.4, 0.5) is 0 Å².